The fourth-order valence-corrected chi connectivity index (χ4v) is 1.84. The standard InChI is InChI=1S/C16H15FN2O4/c1-10-6-7-12(8-15(10)17)18-16(20)11(2)23-14-5-3-4-13(9-14)19(21)22/h3-9,11H,1-2H3,(H,18,20)/t11-/m0/s1. The highest BCUT2D eigenvalue weighted by molar-refractivity contribution is 5.94. The third kappa shape index (κ3) is 4.26. The van der Waals surface area contributed by atoms with E-state index in [9.17, 15) is 19.3 Å². The lowest BCUT2D eigenvalue weighted by Gasteiger charge is -2.15. The van der Waals surface area contributed by atoms with E-state index in [-0.39, 0.29) is 11.4 Å². The van der Waals surface area contributed by atoms with Crippen LogP contribution in [-0.4, -0.2) is 16.9 Å². The summed E-state index contributed by atoms with van der Waals surface area (Å²) in [7, 11) is 0. The summed E-state index contributed by atoms with van der Waals surface area (Å²) in [5.74, 6) is -0.702. The third-order valence-electron chi connectivity index (χ3n) is 3.15. The minimum atomic E-state index is -0.902. The van der Waals surface area contributed by atoms with Crippen molar-refractivity contribution in [1.82, 2.24) is 0 Å². The van der Waals surface area contributed by atoms with E-state index in [0.29, 0.717) is 11.3 Å². The summed E-state index contributed by atoms with van der Waals surface area (Å²) in [4.78, 5) is 22.2. The monoisotopic (exact) mass is 318 g/mol. The van der Waals surface area contributed by atoms with Gasteiger partial charge in [-0.3, -0.25) is 14.9 Å². The molecule has 0 aliphatic carbocycles. The van der Waals surface area contributed by atoms with Crippen LogP contribution in [0.4, 0.5) is 15.8 Å². The minimum Gasteiger partial charge on any atom is -0.481 e. The largest absolute Gasteiger partial charge is 0.481 e. The summed E-state index contributed by atoms with van der Waals surface area (Å²) in [6, 6.07) is 9.89. The van der Waals surface area contributed by atoms with E-state index in [2.05, 4.69) is 5.32 Å². The van der Waals surface area contributed by atoms with Gasteiger partial charge in [0, 0.05) is 11.8 Å². The molecule has 1 N–H and O–H groups in total. The number of halogens is 1. The van der Waals surface area contributed by atoms with Crippen LogP contribution in [0.2, 0.25) is 0 Å². The van der Waals surface area contributed by atoms with Crippen molar-refractivity contribution >= 4 is 17.3 Å². The molecule has 2 rings (SSSR count). The van der Waals surface area contributed by atoms with Gasteiger partial charge in [0.05, 0.1) is 11.0 Å². The average Bonchev–Trinajstić information content (AvgIpc) is 2.51. The van der Waals surface area contributed by atoms with Gasteiger partial charge < -0.3 is 10.1 Å². The van der Waals surface area contributed by atoms with Gasteiger partial charge in [-0.25, -0.2) is 4.39 Å². The van der Waals surface area contributed by atoms with Crippen molar-refractivity contribution in [3.05, 3.63) is 64.0 Å². The molecule has 0 saturated carbocycles. The second-order valence-corrected chi connectivity index (χ2v) is 4.97. The summed E-state index contributed by atoms with van der Waals surface area (Å²) in [6.45, 7) is 3.12. The highest BCUT2D eigenvalue weighted by Crippen LogP contribution is 2.20. The second-order valence-electron chi connectivity index (χ2n) is 4.97. The molecule has 6 nitrogen and oxygen atoms in total. The van der Waals surface area contributed by atoms with E-state index < -0.39 is 22.8 Å². The Hall–Kier alpha value is -2.96. The molecule has 0 aliphatic rings. The molecule has 0 spiro atoms. The molecule has 23 heavy (non-hydrogen) atoms. The predicted octanol–water partition coefficient (Wildman–Crippen LogP) is 3.45. The zero-order valence-corrected chi connectivity index (χ0v) is 12.6. The molecular weight excluding hydrogens is 303 g/mol. The summed E-state index contributed by atoms with van der Waals surface area (Å²) in [5, 5.41) is 13.2. The van der Waals surface area contributed by atoms with E-state index in [0.717, 1.165) is 0 Å². The molecule has 0 aliphatic heterocycles. The lowest BCUT2D eigenvalue weighted by atomic mass is 10.2. The average molecular weight is 318 g/mol. The van der Waals surface area contributed by atoms with Gasteiger partial charge >= 0.3 is 0 Å². The number of ether oxygens (including phenoxy) is 1. The molecule has 0 heterocycles. The fourth-order valence-electron chi connectivity index (χ4n) is 1.84. The maximum Gasteiger partial charge on any atom is 0.273 e. The first-order chi connectivity index (χ1) is 10.9. The zero-order valence-electron chi connectivity index (χ0n) is 12.6. The highest BCUT2D eigenvalue weighted by Gasteiger charge is 2.16. The number of benzene rings is 2. The molecule has 1 amide bonds. The van der Waals surface area contributed by atoms with Gasteiger partial charge in [0.1, 0.15) is 11.6 Å². The summed E-state index contributed by atoms with van der Waals surface area (Å²) < 4.78 is 18.8. The zero-order chi connectivity index (χ0) is 17.0. The van der Waals surface area contributed by atoms with Gasteiger partial charge in [0.25, 0.3) is 11.6 Å². The number of hydrogen-bond acceptors (Lipinski definition) is 4. The number of nitrogens with zero attached hydrogens (tertiary/aromatic N) is 1. The van der Waals surface area contributed by atoms with Crippen LogP contribution < -0.4 is 10.1 Å². The Labute approximate surface area is 132 Å². The Morgan fingerprint density at radius 1 is 1.30 bits per heavy atom. The first-order valence-corrected chi connectivity index (χ1v) is 6.85. The number of aryl methyl sites for hydroxylation is 1. The van der Waals surface area contributed by atoms with E-state index in [1.54, 1.807) is 19.1 Å². The first kappa shape index (κ1) is 16.4. The molecular formula is C16H15FN2O4. The number of carbonyl (C=O) groups excluding carboxylic acids is 1. The predicted molar refractivity (Wildman–Crippen MR) is 83.0 cm³/mol. The third-order valence-corrected chi connectivity index (χ3v) is 3.15. The molecule has 0 saturated heterocycles. The number of nitro benzene ring substituents is 1. The van der Waals surface area contributed by atoms with Crippen LogP contribution in [0, 0.1) is 22.9 Å². The van der Waals surface area contributed by atoms with Crippen LogP contribution in [0.15, 0.2) is 42.5 Å². The molecule has 120 valence electrons. The van der Waals surface area contributed by atoms with Gasteiger partial charge in [-0.05, 0) is 37.6 Å². The lowest BCUT2D eigenvalue weighted by Crippen LogP contribution is -2.30. The van der Waals surface area contributed by atoms with E-state index in [1.165, 1.54) is 37.3 Å². The number of carbonyl (C=O) groups is 1. The molecule has 2 aromatic carbocycles. The Morgan fingerprint density at radius 3 is 2.70 bits per heavy atom. The Balaban J connectivity index is 2.03. The Morgan fingerprint density at radius 2 is 2.04 bits per heavy atom. The molecule has 0 fully saturated rings. The molecule has 1 atom stereocenters. The van der Waals surface area contributed by atoms with Crippen LogP contribution in [0.1, 0.15) is 12.5 Å². The lowest BCUT2D eigenvalue weighted by molar-refractivity contribution is -0.384. The van der Waals surface area contributed by atoms with Gasteiger partial charge in [-0.15, -0.1) is 0 Å². The molecule has 0 aromatic heterocycles. The van der Waals surface area contributed by atoms with Crippen molar-refractivity contribution in [2.45, 2.75) is 20.0 Å². The van der Waals surface area contributed by atoms with Crippen molar-refractivity contribution in [1.29, 1.82) is 0 Å². The van der Waals surface area contributed by atoms with Crippen LogP contribution in [0.25, 0.3) is 0 Å². The van der Waals surface area contributed by atoms with Gasteiger partial charge in [-0.2, -0.15) is 0 Å². The number of anilines is 1. The maximum atomic E-state index is 13.5. The number of hydrogen-bond donors (Lipinski definition) is 1. The molecule has 7 heteroatoms. The van der Waals surface area contributed by atoms with Crippen molar-refractivity contribution < 1.29 is 18.8 Å². The van der Waals surface area contributed by atoms with Crippen molar-refractivity contribution in [3.8, 4) is 5.75 Å². The van der Waals surface area contributed by atoms with E-state index in [4.69, 9.17) is 4.74 Å². The van der Waals surface area contributed by atoms with Crippen LogP contribution in [0.5, 0.6) is 5.75 Å². The summed E-state index contributed by atoms with van der Waals surface area (Å²) >= 11 is 0. The topological polar surface area (TPSA) is 81.5 Å². The summed E-state index contributed by atoms with van der Waals surface area (Å²) in [5.41, 5.74) is 0.659. The van der Waals surface area contributed by atoms with Gasteiger partial charge in [0.15, 0.2) is 6.10 Å². The van der Waals surface area contributed by atoms with E-state index >= 15 is 0 Å². The van der Waals surface area contributed by atoms with E-state index in [1.807, 2.05) is 0 Å². The Kier molecular flexibility index (Phi) is 4.90. The molecule has 2 aromatic rings. The van der Waals surface area contributed by atoms with Crippen LogP contribution >= 0.6 is 0 Å². The first-order valence-electron chi connectivity index (χ1n) is 6.85. The van der Waals surface area contributed by atoms with Crippen molar-refractivity contribution in [2.75, 3.05) is 5.32 Å². The van der Waals surface area contributed by atoms with Crippen LogP contribution in [-0.2, 0) is 4.79 Å². The SMILES string of the molecule is Cc1ccc(NC(=O)[C@H](C)Oc2cccc([N+](=O)[O-])c2)cc1F. The number of nitro groups is 1. The highest BCUT2D eigenvalue weighted by atomic mass is 19.1. The summed E-state index contributed by atoms with van der Waals surface area (Å²) in [6.07, 6.45) is -0.902. The fraction of sp³-hybridized carbons (Fsp3) is 0.188. The molecule has 0 unspecified atom stereocenters. The normalized spacial score (nSPS) is 11.6. The smallest absolute Gasteiger partial charge is 0.273 e. The molecule has 0 bridgehead atoms. The number of amides is 1. The van der Waals surface area contributed by atoms with Crippen LogP contribution in [0.3, 0.4) is 0 Å². The quantitative estimate of drug-likeness (QED) is 0.676. The van der Waals surface area contributed by atoms with Crippen molar-refractivity contribution in [3.63, 3.8) is 0 Å². The Bertz CT molecular complexity index is 749. The number of non-ortho nitro benzene ring substituents is 1. The van der Waals surface area contributed by atoms with Gasteiger partial charge in [-0.1, -0.05) is 12.1 Å². The molecule has 0 radical (unpaired) electrons. The number of nitrogens with one attached hydrogen (secondary N) is 1. The minimum absolute atomic E-state index is 0.129. The van der Waals surface area contributed by atoms with Gasteiger partial charge in [0.2, 0.25) is 0 Å². The second kappa shape index (κ2) is 6.87. The number of rotatable bonds is 5. The van der Waals surface area contributed by atoms with Crippen molar-refractivity contribution in [2.24, 2.45) is 0 Å². The maximum absolute atomic E-state index is 13.5.